The zero-order valence-electron chi connectivity index (χ0n) is 12.9. The predicted octanol–water partition coefficient (Wildman–Crippen LogP) is 0.581. The van der Waals surface area contributed by atoms with E-state index >= 15 is 0 Å². The Balaban J connectivity index is 2.47. The second-order valence-corrected chi connectivity index (χ2v) is 7.28. The Bertz CT molecular complexity index is 723. The SMILES string of the molecule is CC1C(C)N(S(=O)(=O)c2ccc(C#N)nc2)C(C)C(=O)N1C. The molecule has 0 saturated carbocycles. The number of pyridine rings is 1. The van der Waals surface area contributed by atoms with Crippen LogP contribution >= 0.6 is 0 Å². The number of piperazine rings is 1. The molecule has 3 atom stereocenters. The number of rotatable bonds is 2. The van der Waals surface area contributed by atoms with Gasteiger partial charge in [0.15, 0.2) is 0 Å². The lowest BCUT2D eigenvalue weighted by Crippen LogP contribution is -2.64. The van der Waals surface area contributed by atoms with E-state index in [1.54, 1.807) is 25.8 Å². The summed E-state index contributed by atoms with van der Waals surface area (Å²) < 4.78 is 26.9. The number of hydrogen-bond donors (Lipinski definition) is 0. The van der Waals surface area contributed by atoms with Crippen molar-refractivity contribution in [2.45, 2.75) is 43.8 Å². The standard InChI is InChI=1S/C14H18N4O3S/c1-9-10(2)18(11(3)14(19)17(9)4)22(20,21)13-6-5-12(7-15)16-8-13/h5-6,8-11H,1-4H3. The average molecular weight is 322 g/mol. The van der Waals surface area contributed by atoms with Crippen molar-refractivity contribution in [2.24, 2.45) is 0 Å². The first-order chi connectivity index (χ1) is 10.2. The number of amides is 1. The number of aromatic nitrogens is 1. The lowest BCUT2D eigenvalue weighted by Gasteiger charge is -2.45. The molecule has 2 heterocycles. The molecule has 118 valence electrons. The van der Waals surface area contributed by atoms with Crippen LogP contribution in [0.4, 0.5) is 0 Å². The zero-order valence-corrected chi connectivity index (χ0v) is 13.7. The predicted molar refractivity (Wildman–Crippen MR) is 79.1 cm³/mol. The largest absolute Gasteiger partial charge is 0.340 e. The Labute approximate surface area is 130 Å². The number of hydrogen-bond acceptors (Lipinski definition) is 5. The lowest BCUT2D eigenvalue weighted by molar-refractivity contribution is -0.141. The van der Waals surface area contributed by atoms with Gasteiger partial charge in [-0.25, -0.2) is 13.4 Å². The minimum Gasteiger partial charge on any atom is -0.340 e. The first-order valence-corrected chi connectivity index (χ1v) is 8.32. The number of carbonyl (C=O) groups excluding carboxylic acids is 1. The minimum absolute atomic E-state index is 0.0187. The molecule has 1 aromatic rings. The third-order valence-corrected chi connectivity index (χ3v) is 6.26. The van der Waals surface area contributed by atoms with Crippen LogP contribution in [0, 0.1) is 11.3 Å². The van der Waals surface area contributed by atoms with Gasteiger partial charge in [0.1, 0.15) is 22.7 Å². The van der Waals surface area contributed by atoms with Crippen LogP contribution in [-0.4, -0.2) is 53.7 Å². The Morgan fingerprint density at radius 1 is 1.23 bits per heavy atom. The van der Waals surface area contributed by atoms with Crippen LogP contribution in [0.1, 0.15) is 26.5 Å². The molecule has 1 amide bonds. The summed E-state index contributed by atoms with van der Waals surface area (Å²) in [4.78, 5) is 17.6. The molecule has 0 N–H and O–H groups in total. The topological polar surface area (TPSA) is 94.4 Å². The molecule has 7 nitrogen and oxygen atoms in total. The van der Waals surface area contributed by atoms with Gasteiger partial charge in [-0.3, -0.25) is 4.79 Å². The van der Waals surface area contributed by atoms with Gasteiger partial charge in [-0.05, 0) is 32.9 Å². The summed E-state index contributed by atoms with van der Waals surface area (Å²) in [5.41, 5.74) is 0.142. The van der Waals surface area contributed by atoms with Crippen molar-refractivity contribution in [1.29, 1.82) is 5.26 Å². The summed E-state index contributed by atoms with van der Waals surface area (Å²) in [6.07, 6.45) is 1.15. The molecular formula is C14H18N4O3S. The van der Waals surface area contributed by atoms with Gasteiger partial charge in [0.2, 0.25) is 15.9 Å². The molecule has 22 heavy (non-hydrogen) atoms. The number of sulfonamides is 1. The fourth-order valence-electron chi connectivity index (χ4n) is 2.64. The lowest BCUT2D eigenvalue weighted by atomic mass is 10.0. The molecule has 1 saturated heterocycles. The summed E-state index contributed by atoms with van der Waals surface area (Å²) in [6, 6.07) is 3.16. The van der Waals surface area contributed by atoms with Crippen molar-refractivity contribution in [2.75, 3.05) is 7.05 Å². The maximum absolute atomic E-state index is 12.8. The first-order valence-electron chi connectivity index (χ1n) is 6.88. The third kappa shape index (κ3) is 2.46. The highest BCUT2D eigenvalue weighted by atomic mass is 32.2. The van der Waals surface area contributed by atoms with Gasteiger partial charge in [0, 0.05) is 25.3 Å². The molecular weight excluding hydrogens is 304 g/mol. The Kier molecular flexibility index (Phi) is 4.22. The van der Waals surface area contributed by atoms with Gasteiger partial charge >= 0.3 is 0 Å². The van der Waals surface area contributed by atoms with Gasteiger partial charge in [0.25, 0.3) is 0 Å². The number of nitrogens with zero attached hydrogens (tertiary/aromatic N) is 4. The minimum atomic E-state index is -3.86. The molecule has 0 radical (unpaired) electrons. The van der Waals surface area contributed by atoms with Crippen LogP contribution < -0.4 is 0 Å². The number of nitriles is 1. The maximum Gasteiger partial charge on any atom is 0.245 e. The van der Waals surface area contributed by atoms with E-state index < -0.39 is 16.1 Å². The van der Waals surface area contributed by atoms with E-state index in [4.69, 9.17) is 5.26 Å². The van der Waals surface area contributed by atoms with E-state index in [0.29, 0.717) is 0 Å². The van der Waals surface area contributed by atoms with Gasteiger partial charge in [0.05, 0.1) is 0 Å². The molecule has 0 aromatic carbocycles. The fraction of sp³-hybridized carbons (Fsp3) is 0.500. The van der Waals surface area contributed by atoms with Crippen LogP contribution in [0.3, 0.4) is 0 Å². The second kappa shape index (κ2) is 5.66. The van der Waals surface area contributed by atoms with E-state index in [-0.39, 0.29) is 28.6 Å². The molecule has 1 fully saturated rings. The van der Waals surface area contributed by atoms with Crippen LogP contribution in [0.15, 0.2) is 23.2 Å². The Morgan fingerprint density at radius 3 is 2.36 bits per heavy atom. The molecule has 0 spiro atoms. The smallest absolute Gasteiger partial charge is 0.245 e. The highest BCUT2D eigenvalue weighted by Gasteiger charge is 2.45. The molecule has 1 aliphatic heterocycles. The summed E-state index contributed by atoms with van der Waals surface area (Å²) in [7, 11) is -2.19. The molecule has 1 aliphatic rings. The molecule has 8 heteroatoms. The zero-order chi connectivity index (χ0) is 16.7. The van der Waals surface area contributed by atoms with Crippen molar-refractivity contribution in [1.82, 2.24) is 14.2 Å². The number of likely N-dealkylation sites (N-methyl/N-ethyl adjacent to an activating group) is 1. The van der Waals surface area contributed by atoms with Crippen LogP contribution in [0.5, 0.6) is 0 Å². The monoisotopic (exact) mass is 322 g/mol. The second-order valence-electron chi connectivity index (χ2n) is 5.43. The van der Waals surface area contributed by atoms with Crippen molar-refractivity contribution in [3.63, 3.8) is 0 Å². The van der Waals surface area contributed by atoms with Crippen molar-refractivity contribution >= 4 is 15.9 Å². The number of carbonyl (C=O) groups is 1. The summed E-state index contributed by atoms with van der Waals surface area (Å²) in [5, 5.41) is 8.74. The molecule has 0 bridgehead atoms. The fourth-order valence-corrected chi connectivity index (χ4v) is 4.43. The van der Waals surface area contributed by atoms with Crippen molar-refractivity contribution in [3.05, 3.63) is 24.0 Å². The van der Waals surface area contributed by atoms with Gasteiger partial charge < -0.3 is 4.90 Å². The highest BCUT2D eigenvalue weighted by molar-refractivity contribution is 7.89. The highest BCUT2D eigenvalue weighted by Crippen LogP contribution is 2.28. The Morgan fingerprint density at radius 2 is 1.86 bits per heavy atom. The van der Waals surface area contributed by atoms with Crippen LogP contribution in [-0.2, 0) is 14.8 Å². The maximum atomic E-state index is 12.8. The van der Waals surface area contributed by atoms with Gasteiger partial charge in [-0.1, -0.05) is 0 Å². The quantitative estimate of drug-likeness (QED) is 0.794. The third-order valence-electron chi connectivity index (χ3n) is 4.22. The van der Waals surface area contributed by atoms with E-state index in [9.17, 15) is 13.2 Å². The summed E-state index contributed by atoms with van der Waals surface area (Å²) in [6.45, 7) is 5.17. The average Bonchev–Trinajstić information content (AvgIpc) is 2.51. The molecule has 0 aliphatic carbocycles. The van der Waals surface area contributed by atoms with E-state index in [2.05, 4.69) is 4.98 Å². The molecule has 2 rings (SSSR count). The van der Waals surface area contributed by atoms with E-state index in [0.717, 1.165) is 6.20 Å². The van der Waals surface area contributed by atoms with E-state index in [1.165, 1.54) is 16.4 Å². The van der Waals surface area contributed by atoms with Gasteiger partial charge in [-0.2, -0.15) is 9.57 Å². The van der Waals surface area contributed by atoms with Gasteiger partial charge in [-0.15, -0.1) is 0 Å². The van der Waals surface area contributed by atoms with E-state index in [1.807, 2.05) is 13.0 Å². The van der Waals surface area contributed by atoms with Crippen LogP contribution in [0.25, 0.3) is 0 Å². The summed E-state index contributed by atoms with van der Waals surface area (Å²) in [5.74, 6) is -0.240. The van der Waals surface area contributed by atoms with Crippen molar-refractivity contribution in [3.8, 4) is 6.07 Å². The Hall–Kier alpha value is -1.98. The normalized spacial score (nSPS) is 26.8. The summed E-state index contributed by atoms with van der Waals surface area (Å²) >= 11 is 0. The first kappa shape index (κ1) is 16.4. The molecule has 1 aromatic heterocycles. The molecule has 3 unspecified atom stereocenters. The van der Waals surface area contributed by atoms with Crippen molar-refractivity contribution < 1.29 is 13.2 Å². The van der Waals surface area contributed by atoms with Crippen LogP contribution in [0.2, 0.25) is 0 Å².